The van der Waals surface area contributed by atoms with Gasteiger partial charge in [-0.05, 0) is 18.6 Å². The highest BCUT2D eigenvalue weighted by Crippen LogP contribution is 2.12. The number of carbonyl (C=O) groups excluding carboxylic acids is 1. The van der Waals surface area contributed by atoms with Crippen LogP contribution >= 0.6 is 0 Å². The zero-order valence-electron chi connectivity index (χ0n) is 9.50. The van der Waals surface area contributed by atoms with Gasteiger partial charge < -0.3 is 14.9 Å². The standard InChI is InChI=1S/C13H16O4/c1-2-8-13(16,9-14)10-17-12(15)11-6-4-3-5-7-11/h2-7,14,16H,1,8-10H2/t13-/m1/s1. The lowest BCUT2D eigenvalue weighted by Gasteiger charge is -2.23. The fourth-order valence-corrected chi connectivity index (χ4v) is 1.30. The first-order valence-corrected chi connectivity index (χ1v) is 5.27. The van der Waals surface area contributed by atoms with Crippen molar-refractivity contribution in [1.82, 2.24) is 0 Å². The molecule has 0 saturated carbocycles. The molecule has 0 aliphatic rings. The van der Waals surface area contributed by atoms with E-state index in [0.717, 1.165) is 0 Å². The molecule has 0 unspecified atom stereocenters. The Morgan fingerprint density at radius 2 is 2.06 bits per heavy atom. The lowest BCUT2D eigenvalue weighted by atomic mass is 10.0. The molecule has 1 rings (SSSR count). The zero-order chi connectivity index (χ0) is 12.7. The zero-order valence-corrected chi connectivity index (χ0v) is 9.50. The van der Waals surface area contributed by atoms with E-state index in [1.807, 2.05) is 0 Å². The van der Waals surface area contributed by atoms with Crippen LogP contribution in [0.3, 0.4) is 0 Å². The van der Waals surface area contributed by atoms with Crippen LogP contribution in [0.1, 0.15) is 16.8 Å². The van der Waals surface area contributed by atoms with Crippen molar-refractivity contribution in [3.05, 3.63) is 48.6 Å². The predicted molar refractivity (Wildman–Crippen MR) is 63.6 cm³/mol. The number of aliphatic hydroxyl groups excluding tert-OH is 1. The highest BCUT2D eigenvalue weighted by atomic mass is 16.5. The average Bonchev–Trinajstić information content (AvgIpc) is 2.37. The summed E-state index contributed by atoms with van der Waals surface area (Å²) in [5, 5.41) is 18.8. The van der Waals surface area contributed by atoms with Crippen molar-refractivity contribution in [1.29, 1.82) is 0 Å². The molecule has 0 spiro atoms. The van der Waals surface area contributed by atoms with Gasteiger partial charge in [0.05, 0.1) is 12.2 Å². The Labute approximate surface area is 100 Å². The molecule has 1 atom stereocenters. The Morgan fingerprint density at radius 1 is 1.41 bits per heavy atom. The summed E-state index contributed by atoms with van der Waals surface area (Å²) in [4.78, 5) is 11.6. The van der Waals surface area contributed by atoms with E-state index < -0.39 is 18.2 Å². The fraction of sp³-hybridized carbons (Fsp3) is 0.308. The monoisotopic (exact) mass is 236 g/mol. The maximum Gasteiger partial charge on any atom is 0.338 e. The van der Waals surface area contributed by atoms with E-state index in [4.69, 9.17) is 9.84 Å². The Balaban J connectivity index is 2.56. The molecule has 1 aromatic carbocycles. The molecule has 0 aliphatic carbocycles. The Kier molecular flexibility index (Phi) is 4.87. The van der Waals surface area contributed by atoms with Crippen LogP contribution in [0.5, 0.6) is 0 Å². The molecule has 17 heavy (non-hydrogen) atoms. The van der Waals surface area contributed by atoms with Crippen LogP contribution in [0, 0.1) is 0 Å². The number of carbonyl (C=O) groups is 1. The van der Waals surface area contributed by atoms with Crippen LogP contribution in [-0.2, 0) is 4.74 Å². The van der Waals surface area contributed by atoms with Crippen LogP contribution < -0.4 is 0 Å². The van der Waals surface area contributed by atoms with E-state index in [9.17, 15) is 9.90 Å². The van der Waals surface area contributed by atoms with Crippen LogP contribution in [0.4, 0.5) is 0 Å². The highest BCUT2D eigenvalue weighted by Gasteiger charge is 2.26. The van der Waals surface area contributed by atoms with Crippen LogP contribution in [0.15, 0.2) is 43.0 Å². The summed E-state index contributed by atoms with van der Waals surface area (Å²) < 4.78 is 4.94. The second-order valence-electron chi connectivity index (χ2n) is 3.82. The van der Waals surface area contributed by atoms with E-state index in [2.05, 4.69) is 6.58 Å². The van der Waals surface area contributed by atoms with Crippen LogP contribution in [-0.4, -0.2) is 35.0 Å². The number of esters is 1. The third-order valence-corrected chi connectivity index (χ3v) is 2.30. The van der Waals surface area contributed by atoms with Gasteiger partial charge in [0.2, 0.25) is 0 Å². The number of ether oxygens (including phenoxy) is 1. The molecule has 0 aliphatic heterocycles. The minimum Gasteiger partial charge on any atom is -0.459 e. The number of benzene rings is 1. The topological polar surface area (TPSA) is 66.8 Å². The molecule has 0 radical (unpaired) electrons. The third kappa shape index (κ3) is 4.01. The maximum absolute atomic E-state index is 11.6. The summed E-state index contributed by atoms with van der Waals surface area (Å²) in [5.41, 5.74) is -1.04. The first kappa shape index (κ1) is 13.4. The van der Waals surface area contributed by atoms with Crippen molar-refractivity contribution < 1.29 is 19.7 Å². The summed E-state index contributed by atoms with van der Waals surface area (Å²) in [6, 6.07) is 8.47. The molecule has 92 valence electrons. The van der Waals surface area contributed by atoms with Gasteiger partial charge in [-0.1, -0.05) is 24.3 Å². The van der Waals surface area contributed by atoms with Gasteiger partial charge in [0.15, 0.2) is 0 Å². The molecule has 0 heterocycles. The average molecular weight is 236 g/mol. The van der Waals surface area contributed by atoms with Crippen molar-refractivity contribution in [3.8, 4) is 0 Å². The molecule has 1 aromatic rings. The van der Waals surface area contributed by atoms with Crippen molar-refractivity contribution >= 4 is 5.97 Å². The second-order valence-corrected chi connectivity index (χ2v) is 3.82. The number of hydrogen-bond acceptors (Lipinski definition) is 4. The number of hydrogen-bond donors (Lipinski definition) is 2. The van der Waals surface area contributed by atoms with Crippen molar-refractivity contribution in [2.45, 2.75) is 12.0 Å². The molecule has 0 amide bonds. The highest BCUT2D eigenvalue weighted by molar-refractivity contribution is 5.89. The lowest BCUT2D eigenvalue weighted by Crippen LogP contribution is -2.38. The van der Waals surface area contributed by atoms with Gasteiger partial charge in [-0.2, -0.15) is 0 Å². The Hall–Kier alpha value is -1.65. The van der Waals surface area contributed by atoms with Gasteiger partial charge in [-0.3, -0.25) is 0 Å². The molecule has 0 saturated heterocycles. The second kappa shape index (κ2) is 6.18. The van der Waals surface area contributed by atoms with Crippen molar-refractivity contribution in [2.24, 2.45) is 0 Å². The van der Waals surface area contributed by atoms with Gasteiger partial charge >= 0.3 is 5.97 Å². The first-order chi connectivity index (χ1) is 8.11. The van der Waals surface area contributed by atoms with E-state index in [-0.39, 0.29) is 13.0 Å². The molecular weight excluding hydrogens is 220 g/mol. The lowest BCUT2D eigenvalue weighted by molar-refractivity contribution is -0.0613. The summed E-state index contributed by atoms with van der Waals surface area (Å²) in [7, 11) is 0. The van der Waals surface area contributed by atoms with Crippen LogP contribution in [0.2, 0.25) is 0 Å². The maximum atomic E-state index is 11.6. The molecule has 4 nitrogen and oxygen atoms in total. The summed E-state index contributed by atoms with van der Waals surface area (Å²) in [6.45, 7) is 2.72. The van der Waals surface area contributed by atoms with Gasteiger partial charge in [0.1, 0.15) is 12.2 Å². The third-order valence-electron chi connectivity index (χ3n) is 2.30. The Morgan fingerprint density at radius 3 is 2.59 bits per heavy atom. The minimum absolute atomic E-state index is 0.158. The Bertz CT molecular complexity index is 374. The number of aliphatic hydroxyl groups is 2. The first-order valence-electron chi connectivity index (χ1n) is 5.27. The summed E-state index contributed by atoms with van der Waals surface area (Å²) in [5.74, 6) is -0.526. The smallest absolute Gasteiger partial charge is 0.338 e. The molecule has 0 fully saturated rings. The van der Waals surface area contributed by atoms with Gasteiger partial charge in [-0.15, -0.1) is 6.58 Å². The quantitative estimate of drug-likeness (QED) is 0.574. The minimum atomic E-state index is -1.45. The van der Waals surface area contributed by atoms with Gasteiger partial charge in [-0.25, -0.2) is 4.79 Å². The molecule has 0 aromatic heterocycles. The van der Waals surface area contributed by atoms with Gasteiger partial charge in [0, 0.05) is 0 Å². The van der Waals surface area contributed by atoms with Crippen LogP contribution in [0.25, 0.3) is 0 Å². The van der Waals surface area contributed by atoms with E-state index >= 15 is 0 Å². The van der Waals surface area contributed by atoms with Crippen molar-refractivity contribution in [2.75, 3.05) is 13.2 Å². The number of rotatable bonds is 6. The molecular formula is C13H16O4. The fourth-order valence-electron chi connectivity index (χ4n) is 1.30. The normalized spacial score (nSPS) is 13.8. The van der Waals surface area contributed by atoms with E-state index in [0.29, 0.717) is 5.56 Å². The summed E-state index contributed by atoms with van der Waals surface area (Å²) >= 11 is 0. The van der Waals surface area contributed by atoms with Crippen molar-refractivity contribution in [3.63, 3.8) is 0 Å². The summed E-state index contributed by atoms with van der Waals surface area (Å²) in [6.07, 6.45) is 1.62. The molecule has 2 N–H and O–H groups in total. The largest absolute Gasteiger partial charge is 0.459 e. The molecule has 4 heteroatoms. The predicted octanol–water partition coefficient (Wildman–Crippen LogP) is 1.14. The SMILES string of the molecule is C=CC[C@@](O)(CO)COC(=O)c1ccccc1. The van der Waals surface area contributed by atoms with Gasteiger partial charge in [0.25, 0.3) is 0 Å². The van der Waals surface area contributed by atoms with E-state index in [1.54, 1.807) is 30.3 Å². The molecule has 0 bridgehead atoms. The van der Waals surface area contributed by atoms with E-state index in [1.165, 1.54) is 6.08 Å².